The summed E-state index contributed by atoms with van der Waals surface area (Å²) in [5, 5.41) is 0.161. The minimum absolute atomic E-state index is 0.00139. The van der Waals surface area contributed by atoms with Gasteiger partial charge in [0.2, 0.25) is 0 Å². The van der Waals surface area contributed by atoms with Crippen LogP contribution >= 0.6 is 11.8 Å². The Morgan fingerprint density at radius 2 is 2.14 bits per heavy atom. The van der Waals surface area contributed by atoms with Crippen LogP contribution in [0.2, 0.25) is 0 Å². The zero-order chi connectivity index (χ0) is 15.2. The Balaban J connectivity index is 2.12. The molecular formula is C13H12F4N2OS. The van der Waals surface area contributed by atoms with Crippen LogP contribution < -0.4 is 5.73 Å². The molecule has 1 aromatic rings. The quantitative estimate of drug-likeness (QED) is 0.852. The number of aliphatic imine (C=N–C) groups is 1. The third-order valence-electron chi connectivity index (χ3n) is 3.87. The molecule has 3 atom stereocenters. The molecule has 2 heterocycles. The second-order valence-corrected chi connectivity index (χ2v) is 6.34. The maximum atomic E-state index is 14.2. The molecular weight excluding hydrogens is 308 g/mol. The first-order valence-corrected chi connectivity index (χ1v) is 7.10. The topological polar surface area (TPSA) is 47.6 Å². The first-order chi connectivity index (χ1) is 9.95. The number of halogens is 4. The predicted octanol–water partition coefficient (Wildman–Crippen LogP) is 2.50. The lowest BCUT2D eigenvalue weighted by Crippen LogP contribution is -2.43. The minimum atomic E-state index is -2.72. The van der Waals surface area contributed by atoms with Gasteiger partial charge < -0.3 is 10.5 Å². The summed E-state index contributed by atoms with van der Waals surface area (Å²) < 4.78 is 57.9. The van der Waals surface area contributed by atoms with Crippen molar-refractivity contribution in [2.45, 2.75) is 17.3 Å². The molecule has 0 spiro atoms. The van der Waals surface area contributed by atoms with Gasteiger partial charge in [-0.3, -0.25) is 4.99 Å². The minimum Gasteiger partial charge on any atom is -0.379 e. The van der Waals surface area contributed by atoms with Gasteiger partial charge in [0.1, 0.15) is 6.10 Å². The van der Waals surface area contributed by atoms with E-state index in [0.29, 0.717) is 0 Å². The molecule has 1 fully saturated rings. The van der Waals surface area contributed by atoms with Gasteiger partial charge in [0.25, 0.3) is 6.43 Å². The number of nitrogens with zero attached hydrogens (tertiary/aromatic N) is 1. The Hall–Kier alpha value is -1.28. The largest absolute Gasteiger partial charge is 0.379 e. The first kappa shape index (κ1) is 14.6. The van der Waals surface area contributed by atoms with Crippen LogP contribution in [0.3, 0.4) is 0 Å². The van der Waals surface area contributed by atoms with Crippen molar-refractivity contribution < 1.29 is 22.3 Å². The van der Waals surface area contributed by atoms with Crippen LogP contribution in [0, 0.1) is 17.6 Å². The molecule has 114 valence electrons. The van der Waals surface area contributed by atoms with E-state index in [1.54, 1.807) is 0 Å². The Morgan fingerprint density at radius 3 is 2.86 bits per heavy atom. The van der Waals surface area contributed by atoms with Crippen molar-refractivity contribution in [2.75, 3.05) is 13.2 Å². The lowest BCUT2D eigenvalue weighted by Gasteiger charge is -2.37. The van der Waals surface area contributed by atoms with Crippen molar-refractivity contribution in [2.24, 2.45) is 16.6 Å². The molecule has 1 aromatic carbocycles. The molecule has 3 nitrogen and oxygen atoms in total. The summed E-state index contributed by atoms with van der Waals surface area (Å²) in [7, 11) is 0. The lowest BCUT2D eigenvalue weighted by molar-refractivity contribution is -0.0378. The van der Waals surface area contributed by atoms with Crippen LogP contribution in [0.25, 0.3) is 0 Å². The molecule has 0 saturated carbocycles. The molecule has 0 unspecified atom stereocenters. The number of amidine groups is 1. The highest BCUT2D eigenvalue weighted by Gasteiger charge is 2.57. The van der Waals surface area contributed by atoms with E-state index in [0.717, 1.165) is 17.8 Å². The maximum absolute atomic E-state index is 14.2. The number of alkyl halides is 2. The summed E-state index contributed by atoms with van der Waals surface area (Å²) >= 11 is 0.964. The molecule has 0 aromatic heterocycles. The summed E-state index contributed by atoms with van der Waals surface area (Å²) in [6, 6.07) is 3.71. The molecule has 2 aliphatic rings. The highest BCUT2D eigenvalue weighted by atomic mass is 32.2. The van der Waals surface area contributed by atoms with Crippen LogP contribution in [-0.4, -0.2) is 30.8 Å². The zero-order valence-electron chi connectivity index (χ0n) is 10.7. The van der Waals surface area contributed by atoms with Crippen molar-refractivity contribution >= 4 is 16.9 Å². The van der Waals surface area contributed by atoms with Gasteiger partial charge in [-0.05, 0) is 6.07 Å². The molecule has 0 bridgehead atoms. The number of thioether (sulfide) groups is 1. The molecule has 0 radical (unpaired) electrons. The van der Waals surface area contributed by atoms with E-state index < -0.39 is 34.8 Å². The summed E-state index contributed by atoms with van der Waals surface area (Å²) in [6.45, 7) is -0.155. The van der Waals surface area contributed by atoms with E-state index in [1.807, 2.05) is 0 Å². The third kappa shape index (κ3) is 2.20. The van der Waals surface area contributed by atoms with Crippen LogP contribution in [0.1, 0.15) is 5.56 Å². The number of ether oxygens (including phenoxy) is 1. The van der Waals surface area contributed by atoms with E-state index in [2.05, 4.69) is 4.99 Å². The smallest absolute Gasteiger partial charge is 0.264 e. The van der Waals surface area contributed by atoms with Gasteiger partial charge in [-0.25, -0.2) is 17.6 Å². The van der Waals surface area contributed by atoms with Crippen molar-refractivity contribution in [1.82, 2.24) is 0 Å². The molecule has 1 saturated heterocycles. The molecule has 8 heteroatoms. The van der Waals surface area contributed by atoms with E-state index in [1.165, 1.54) is 12.1 Å². The lowest BCUT2D eigenvalue weighted by atomic mass is 9.83. The SMILES string of the molecule is NC1=NC[C@H]2[C@@H](C(F)F)OC[C@]2(c2cccc(F)c2F)S1. The summed E-state index contributed by atoms with van der Waals surface area (Å²) in [4.78, 5) is 3.96. The maximum Gasteiger partial charge on any atom is 0.264 e. The Morgan fingerprint density at radius 1 is 1.38 bits per heavy atom. The highest BCUT2D eigenvalue weighted by molar-refractivity contribution is 8.14. The first-order valence-electron chi connectivity index (χ1n) is 6.29. The Bertz CT molecular complexity index is 598. The monoisotopic (exact) mass is 320 g/mol. The number of rotatable bonds is 2. The van der Waals surface area contributed by atoms with Gasteiger partial charge in [-0.15, -0.1) is 0 Å². The van der Waals surface area contributed by atoms with E-state index in [-0.39, 0.29) is 23.9 Å². The van der Waals surface area contributed by atoms with Crippen LogP contribution in [0.15, 0.2) is 23.2 Å². The molecule has 2 N–H and O–H groups in total. The fraction of sp³-hybridized carbons (Fsp3) is 0.462. The standard InChI is InChI=1S/C13H12F4N2OS/c14-8-3-1-2-6(9(8)15)13-5-20-10(11(16)17)7(13)4-19-12(18)21-13/h1-3,7,10-11H,4-5H2,(H2,18,19)/t7-,10-,13+/m0/s1. The van der Waals surface area contributed by atoms with Crippen molar-refractivity contribution in [1.29, 1.82) is 0 Å². The van der Waals surface area contributed by atoms with Crippen LogP contribution in [0.4, 0.5) is 17.6 Å². The number of fused-ring (bicyclic) bond motifs is 1. The van der Waals surface area contributed by atoms with Crippen LogP contribution in [-0.2, 0) is 9.48 Å². The second kappa shape index (κ2) is 5.17. The van der Waals surface area contributed by atoms with Gasteiger partial charge in [0, 0.05) is 18.0 Å². The van der Waals surface area contributed by atoms with Crippen LogP contribution in [0.5, 0.6) is 0 Å². The number of hydrogen-bond donors (Lipinski definition) is 1. The number of benzene rings is 1. The third-order valence-corrected chi connectivity index (χ3v) is 5.22. The van der Waals surface area contributed by atoms with Crippen molar-refractivity contribution in [3.63, 3.8) is 0 Å². The molecule has 0 aliphatic carbocycles. The molecule has 3 rings (SSSR count). The summed E-state index contributed by atoms with van der Waals surface area (Å²) in [5.74, 6) is -2.84. The average molecular weight is 320 g/mol. The van der Waals surface area contributed by atoms with E-state index in [9.17, 15) is 17.6 Å². The van der Waals surface area contributed by atoms with Crippen molar-refractivity contribution in [3.05, 3.63) is 35.4 Å². The zero-order valence-corrected chi connectivity index (χ0v) is 11.5. The van der Waals surface area contributed by atoms with E-state index >= 15 is 0 Å². The molecule has 2 aliphatic heterocycles. The normalized spacial score (nSPS) is 32.1. The number of hydrogen-bond acceptors (Lipinski definition) is 4. The summed E-state index contributed by atoms with van der Waals surface area (Å²) in [6.07, 6.45) is -4.08. The second-order valence-electron chi connectivity index (χ2n) is 4.99. The Kier molecular flexibility index (Phi) is 3.61. The van der Waals surface area contributed by atoms with Crippen molar-refractivity contribution in [3.8, 4) is 0 Å². The Labute approximate surface area is 122 Å². The fourth-order valence-corrected chi connectivity index (χ4v) is 4.15. The molecule has 21 heavy (non-hydrogen) atoms. The molecule has 0 amide bonds. The number of nitrogens with two attached hydrogens (primary N) is 1. The van der Waals surface area contributed by atoms with Gasteiger partial charge in [-0.1, -0.05) is 23.9 Å². The van der Waals surface area contributed by atoms with Gasteiger partial charge in [0.15, 0.2) is 16.8 Å². The van der Waals surface area contributed by atoms with Gasteiger partial charge in [0.05, 0.1) is 11.4 Å². The summed E-state index contributed by atoms with van der Waals surface area (Å²) in [5.41, 5.74) is 5.68. The fourth-order valence-electron chi connectivity index (χ4n) is 2.88. The van der Waals surface area contributed by atoms with Gasteiger partial charge in [-0.2, -0.15) is 0 Å². The van der Waals surface area contributed by atoms with E-state index in [4.69, 9.17) is 10.5 Å². The van der Waals surface area contributed by atoms with Gasteiger partial charge >= 0.3 is 0 Å². The highest BCUT2D eigenvalue weighted by Crippen LogP contribution is 2.53. The predicted molar refractivity (Wildman–Crippen MR) is 71.4 cm³/mol. The average Bonchev–Trinajstić information content (AvgIpc) is 2.81.